The summed E-state index contributed by atoms with van der Waals surface area (Å²) in [5, 5.41) is 8.57. The highest BCUT2D eigenvalue weighted by molar-refractivity contribution is 5.82. The minimum Gasteiger partial charge on any atom is -0.480 e. The molecule has 29 heavy (non-hydrogen) atoms. The Morgan fingerprint density at radius 2 is 1.03 bits per heavy atom. The van der Waals surface area contributed by atoms with E-state index in [1.54, 1.807) is 32.8 Å². The van der Waals surface area contributed by atoms with Crippen LogP contribution in [0.3, 0.4) is 0 Å². The molecule has 1 aromatic carbocycles. The van der Waals surface area contributed by atoms with Crippen LogP contribution in [0.4, 0.5) is 22.0 Å². The van der Waals surface area contributed by atoms with Gasteiger partial charge in [0.05, 0.1) is 0 Å². The molecule has 0 atom stereocenters. The molecule has 1 N–H and O–H groups in total. The number of halogens is 5. The zero-order valence-corrected chi connectivity index (χ0v) is 17.5. The summed E-state index contributed by atoms with van der Waals surface area (Å²) in [7, 11) is 6.46. The molecule has 6 nitrogen and oxygen atoms in total. The molecule has 0 saturated heterocycles. The summed E-state index contributed by atoms with van der Waals surface area (Å²) in [5.41, 5.74) is -2.07. The molecule has 1 aromatic rings. The quantitative estimate of drug-likeness (QED) is 0.256. The van der Waals surface area contributed by atoms with Gasteiger partial charge in [-0.3, -0.25) is 14.6 Å². The van der Waals surface area contributed by atoms with E-state index in [1.165, 1.54) is 32.8 Å². The molecule has 166 valence electrons. The third kappa shape index (κ3) is 5.86. The Kier molecular flexibility index (Phi) is 8.74. The van der Waals surface area contributed by atoms with E-state index in [2.05, 4.69) is 4.74 Å². The van der Waals surface area contributed by atoms with E-state index in [0.29, 0.717) is 0 Å². The molecule has 0 aliphatic carbocycles. The van der Waals surface area contributed by atoms with Crippen molar-refractivity contribution in [3.8, 4) is 5.75 Å². The molecule has 0 unspecified atom stereocenters. The minimum absolute atomic E-state index is 0.750. The SMILES string of the molecule is CN(C)C(C)(C)C(=O)O.CN(C)C(C)(C)C(=O)Oc1c(F)c(F)c(F)c(F)c1F. The fraction of sp³-hybridized carbons (Fsp3) is 0.556. The number of carbonyl (C=O) groups is 2. The Hall–Kier alpha value is -2.27. The average molecular weight is 428 g/mol. The van der Waals surface area contributed by atoms with E-state index in [1.807, 2.05) is 0 Å². The molecule has 0 aliphatic heterocycles. The molecule has 0 amide bonds. The van der Waals surface area contributed by atoms with Crippen LogP contribution in [0.15, 0.2) is 0 Å². The number of carbonyl (C=O) groups excluding carboxylic acids is 1. The Labute approximate surface area is 165 Å². The van der Waals surface area contributed by atoms with Crippen molar-refractivity contribution in [2.75, 3.05) is 28.2 Å². The summed E-state index contributed by atoms with van der Waals surface area (Å²) in [6, 6.07) is 0. The summed E-state index contributed by atoms with van der Waals surface area (Å²) in [6.45, 7) is 6.05. The van der Waals surface area contributed by atoms with E-state index in [0.717, 1.165) is 0 Å². The van der Waals surface area contributed by atoms with Crippen LogP contribution in [0, 0.1) is 29.1 Å². The predicted octanol–water partition coefficient (Wildman–Crippen LogP) is 3.04. The number of nitrogens with zero attached hydrogens (tertiary/aromatic N) is 2. The Morgan fingerprint density at radius 1 is 0.724 bits per heavy atom. The fourth-order valence-electron chi connectivity index (χ4n) is 1.27. The third-order valence-corrected chi connectivity index (χ3v) is 4.62. The average Bonchev–Trinajstić information content (AvgIpc) is 2.61. The van der Waals surface area contributed by atoms with Gasteiger partial charge in [0.25, 0.3) is 0 Å². The van der Waals surface area contributed by atoms with Gasteiger partial charge >= 0.3 is 11.9 Å². The van der Waals surface area contributed by atoms with Crippen molar-refractivity contribution in [3.63, 3.8) is 0 Å². The lowest BCUT2D eigenvalue weighted by atomic mass is 10.1. The number of carboxylic acids is 1. The lowest BCUT2D eigenvalue weighted by Crippen LogP contribution is -2.48. The van der Waals surface area contributed by atoms with Crippen LogP contribution >= 0.6 is 0 Å². The number of ether oxygens (including phenoxy) is 1. The minimum atomic E-state index is -2.31. The molecular weight excluding hydrogens is 403 g/mol. The second-order valence-corrected chi connectivity index (χ2v) is 7.50. The zero-order chi connectivity index (χ0) is 23.5. The van der Waals surface area contributed by atoms with Crippen molar-refractivity contribution in [2.45, 2.75) is 38.8 Å². The van der Waals surface area contributed by atoms with Crippen molar-refractivity contribution < 1.29 is 41.4 Å². The monoisotopic (exact) mass is 428 g/mol. The first-order chi connectivity index (χ1) is 12.9. The van der Waals surface area contributed by atoms with Crippen molar-refractivity contribution in [3.05, 3.63) is 29.1 Å². The van der Waals surface area contributed by atoms with Crippen molar-refractivity contribution in [1.29, 1.82) is 0 Å². The smallest absolute Gasteiger partial charge is 0.331 e. The van der Waals surface area contributed by atoms with Gasteiger partial charge in [-0.2, -0.15) is 8.78 Å². The number of carboxylic acid groups (broad SMARTS) is 1. The van der Waals surface area contributed by atoms with Crippen LogP contribution in [-0.2, 0) is 9.59 Å². The molecule has 0 spiro atoms. The van der Waals surface area contributed by atoms with Gasteiger partial charge in [0, 0.05) is 0 Å². The Bertz CT molecular complexity index is 751. The van der Waals surface area contributed by atoms with E-state index >= 15 is 0 Å². The first kappa shape index (κ1) is 26.7. The van der Waals surface area contributed by atoms with Crippen molar-refractivity contribution >= 4 is 11.9 Å². The Morgan fingerprint density at radius 3 is 1.28 bits per heavy atom. The van der Waals surface area contributed by atoms with Gasteiger partial charge in [-0.1, -0.05) is 0 Å². The van der Waals surface area contributed by atoms with Gasteiger partial charge in [0.2, 0.25) is 34.8 Å². The zero-order valence-electron chi connectivity index (χ0n) is 17.5. The van der Waals surface area contributed by atoms with Gasteiger partial charge in [-0.05, 0) is 55.9 Å². The van der Waals surface area contributed by atoms with Crippen LogP contribution in [0.5, 0.6) is 5.75 Å². The third-order valence-electron chi connectivity index (χ3n) is 4.62. The maximum atomic E-state index is 13.3. The lowest BCUT2D eigenvalue weighted by Gasteiger charge is -2.29. The number of esters is 1. The first-order valence-corrected chi connectivity index (χ1v) is 8.22. The van der Waals surface area contributed by atoms with Gasteiger partial charge < -0.3 is 9.84 Å². The standard InChI is InChI=1S/C12H12F5NO2.C6H13NO2/c1-12(2,18(3)4)11(19)20-10-8(16)6(14)5(13)7(15)9(10)17;1-6(2,5(8)9)7(3)4/h1-4H3;1-4H3,(H,8,9). The maximum absolute atomic E-state index is 13.3. The fourth-order valence-corrected chi connectivity index (χ4v) is 1.27. The second kappa shape index (κ2) is 9.49. The summed E-state index contributed by atoms with van der Waals surface area (Å²) < 4.78 is 69.7. The summed E-state index contributed by atoms with van der Waals surface area (Å²) in [5.74, 6) is -14.6. The molecule has 0 aromatic heterocycles. The largest absolute Gasteiger partial charge is 0.480 e. The Balaban J connectivity index is 0.000000734. The number of benzene rings is 1. The summed E-state index contributed by atoms with van der Waals surface area (Å²) in [4.78, 5) is 25.2. The number of likely N-dealkylation sites (N-methyl/N-ethyl adjacent to an activating group) is 2. The predicted molar refractivity (Wildman–Crippen MR) is 95.0 cm³/mol. The molecular formula is C18H25F5N2O4. The van der Waals surface area contributed by atoms with Crippen LogP contribution < -0.4 is 4.74 Å². The van der Waals surface area contributed by atoms with Crippen LogP contribution in [-0.4, -0.2) is 66.1 Å². The molecule has 0 heterocycles. The highest BCUT2D eigenvalue weighted by atomic mass is 19.2. The van der Waals surface area contributed by atoms with E-state index < -0.39 is 57.9 Å². The molecule has 0 aliphatic rings. The number of aliphatic carboxylic acids is 1. The number of hydrogen-bond donors (Lipinski definition) is 1. The van der Waals surface area contributed by atoms with E-state index in [4.69, 9.17) is 5.11 Å². The summed E-state index contributed by atoms with van der Waals surface area (Å²) >= 11 is 0. The first-order valence-electron chi connectivity index (χ1n) is 8.22. The van der Waals surface area contributed by atoms with E-state index in [-0.39, 0.29) is 0 Å². The van der Waals surface area contributed by atoms with Crippen molar-refractivity contribution in [2.24, 2.45) is 0 Å². The highest BCUT2D eigenvalue weighted by Gasteiger charge is 2.36. The molecule has 0 fully saturated rings. The van der Waals surface area contributed by atoms with Gasteiger partial charge in [0.15, 0.2) is 0 Å². The highest BCUT2D eigenvalue weighted by Crippen LogP contribution is 2.30. The summed E-state index contributed by atoms with van der Waals surface area (Å²) in [6.07, 6.45) is 0. The number of rotatable bonds is 5. The van der Waals surface area contributed by atoms with Gasteiger partial charge in [0.1, 0.15) is 11.1 Å². The van der Waals surface area contributed by atoms with Crippen LogP contribution in [0.1, 0.15) is 27.7 Å². The lowest BCUT2D eigenvalue weighted by molar-refractivity contribution is -0.147. The van der Waals surface area contributed by atoms with Gasteiger partial charge in [-0.25, -0.2) is 18.0 Å². The van der Waals surface area contributed by atoms with Gasteiger partial charge in [-0.15, -0.1) is 0 Å². The maximum Gasteiger partial charge on any atom is 0.331 e. The number of hydrogen-bond acceptors (Lipinski definition) is 5. The molecule has 0 radical (unpaired) electrons. The van der Waals surface area contributed by atoms with Crippen LogP contribution in [0.2, 0.25) is 0 Å². The molecule has 1 rings (SSSR count). The van der Waals surface area contributed by atoms with Crippen LogP contribution in [0.25, 0.3) is 0 Å². The second-order valence-electron chi connectivity index (χ2n) is 7.50. The topological polar surface area (TPSA) is 70.1 Å². The normalized spacial score (nSPS) is 12.0. The molecule has 11 heteroatoms. The molecule has 0 saturated carbocycles. The van der Waals surface area contributed by atoms with Crippen molar-refractivity contribution in [1.82, 2.24) is 9.80 Å². The molecule has 0 bridgehead atoms. The van der Waals surface area contributed by atoms with E-state index in [9.17, 15) is 31.5 Å².